The van der Waals surface area contributed by atoms with Gasteiger partial charge in [-0.2, -0.15) is 31.4 Å². The first-order valence-corrected chi connectivity index (χ1v) is 13.3. The van der Waals surface area contributed by atoms with Gasteiger partial charge in [0.15, 0.2) is 11.6 Å². The summed E-state index contributed by atoms with van der Waals surface area (Å²) in [5, 5.41) is 16.2. The fraction of sp³-hybridized carbons (Fsp3) is 0.640. The number of alkyl halides is 6. The number of piperazine rings is 1. The van der Waals surface area contributed by atoms with Gasteiger partial charge in [0.2, 0.25) is 0 Å². The molecule has 0 amide bonds. The third kappa shape index (κ3) is 6.38. The number of ether oxygens (including phenoxy) is 2. The predicted molar refractivity (Wildman–Crippen MR) is 134 cm³/mol. The summed E-state index contributed by atoms with van der Waals surface area (Å²) in [4.78, 5) is 21.2. The van der Waals surface area contributed by atoms with Crippen LogP contribution in [-0.4, -0.2) is 89.5 Å². The molecular weight excluding hydrogens is 562 g/mol. The number of anilines is 2. The van der Waals surface area contributed by atoms with E-state index in [0.29, 0.717) is 51.3 Å². The van der Waals surface area contributed by atoms with Crippen molar-refractivity contribution >= 4 is 11.5 Å². The Kier molecular flexibility index (Phi) is 8.34. The highest BCUT2D eigenvalue weighted by Gasteiger charge is 2.41. The van der Waals surface area contributed by atoms with Crippen molar-refractivity contribution in [2.24, 2.45) is 0 Å². The van der Waals surface area contributed by atoms with Crippen LogP contribution in [0.5, 0.6) is 5.75 Å². The van der Waals surface area contributed by atoms with Gasteiger partial charge in [-0.05, 0) is 18.9 Å². The molecule has 0 saturated carbocycles. The summed E-state index contributed by atoms with van der Waals surface area (Å²) in [5.74, 6) is 0.437. The van der Waals surface area contributed by atoms with E-state index in [9.17, 15) is 36.2 Å². The second-order valence-electron chi connectivity index (χ2n) is 10.3. The van der Waals surface area contributed by atoms with Crippen LogP contribution < -0.4 is 20.1 Å². The van der Waals surface area contributed by atoms with Gasteiger partial charge in [0, 0.05) is 51.3 Å². The number of H-pyrrole nitrogens is 1. The Labute approximate surface area is 230 Å². The summed E-state index contributed by atoms with van der Waals surface area (Å²) in [6, 6.07) is 0.463. The highest BCUT2D eigenvalue weighted by Crippen LogP contribution is 2.39. The van der Waals surface area contributed by atoms with Crippen LogP contribution in [0.3, 0.4) is 0 Å². The maximum absolute atomic E-state index is 13.5. The van der Waals surface area contributed by atoms with E-state index in [1.54, 1.807) is 0 Å². The number of aromatic nitrogens is 3. The highest BCUT2D eigenvalue weighted by molar-refractivity contribution is 5.56. The summed E-state index contributed by atoms with van der Waals surface area (Å²) in [6.45, 7) is 2.12. The van der Waals surface area contributed by atoms with E-state index in [0.717, 1.165) is 18.5 Å². The molecule has 3 aliphatic rings. The van der Waals surface area contributed by atoms with Crippen LogP contribution in [0.1, 0.15) is 36.8 Å². The molecule has 0 radical (unpaired) electrons. The summed E-state index contributed by atoms with van der Waals surface area (Å²) in [6.07, 6.45) is -6.41. The Bertz CT molecular complexity index is 1270. The van der Waals surface area contributed by atoms with Gasteiger partial charge in [0.05, 0.1) is 43.3 Å². The summed E-state index contributed by atoms with van der Waals surface area (Å²) < 4.78 is 91.2. The molecule has 2 fully saturated rings. The second kappa shape index (κ2) is 11.6. The Morgan fingerprint density at radius 2 is 1.90 bits per heavy atom. The van der Waals surface area contributed by atoms with Crippen LogP contribution >= 0.6 is 0 Å². The minimum absolute atomic E-state index is 0.0870. The molecule has 0 bridgehead atoms. The Hall–Kier alpha value is -3.11. The van der Waals surface area contributed by atoms with E-state index in [1.807, 2.05) is 14.9 Å². The first-order valence-electron chi connectivity index (χ1n) is 13.3. The summed E-state index contributed by atoms with van der Waals surface area (Å²) >= 11 is 0. The number of nitrogens with one attached hydrogen (secondary N) is 1. The van der Waals surface area contributed by atoms with Gasteiger partial charge < -0.3 is 24.4 Å². The number of hydrogen-bond acceptors (Lipinski definition) is 9. The molecule has 2 aromatic heterocycles. The van der Waals surface area contributed by atoms with Crippen LogP contribution in [-0.2, 0) is 17.1 Å². The van der Waals surface area contributed by atoms with Crippen molar-refractivity contribution in [1.82, 2.24) is 20.1 Å². The molecule has 5 heterocycles. The van der Waals surface area contributed by atoms with E-state index in [4.69, 9.17) is 9.47 Å². The van der Waals surface area contributed by atoms with Crippen LogP contribution in [0.2, 0.25) is 0 Å². The van der Waals surface area contributed by atoms with Gasteiger partial charge in [-0.25, -0.2) is 10.1 Å². The third-order valence-electron chi connectivity index (χ3n) is 7.71. The first-order chi connectivity index (χ1) is 19.4. The molecule has 2 saturated heterocycles. The molecule has 226 valence electrons. The average molecular weight is 593 g/mol. The molecule has 2 aromatic rings. The van der Waals surface area contributed by atoms with Crippen molar-refractivity contribution in [2.45, 2.75) is 56.3 Å². The van der Waals surface area contributed by atoms with Crippen LogP contribution in [0.15, 0.2) is 23.3 Å². The molecule has 3 atom stereocenters. The molecule has 16 heteroatoms. The minimum Gasteiger partial charge on any atom is -0.490 e. The standard InChI is InChI=1S/C25H30F6N6O4/c26-24(27,28)15-10-19-22(32-11-15)37-7-6-35(13-16(37)3-9-41-19)20(38)4-8-40-14-17-2-1-5-36(17)18-12-33-34-23(39)21(18)25(29,30)31/h10-12,16-17,20,38H,1-9,13-14H2,(H,34,39). The number of aliphatic hydroxyl groups is 1. The van der Waals surface area contributed by atoms with Crippen molar-refractivity contribution in [3.8, 4) is 5.75 Å². The van der Waals surface area contributed by atoms with Crippen LogP contribution in [0.4, 0.5) is 37.8 Å². The van der Waals surface area contributed by atoms with Crippen molar-refractivity contribution in [3.05, 3.63) is 39.9 Å². The topological polar surface area (TPSA) is 107 Å². The first kappa shape index (κ1) is 29.4. The third-order valence-corrected chi connectivity index (χ3v) is 7.71. The van der Waals surface area contributed by atoms with Gasteiger partial charge in [0.25, 0.3) is 5.56 Å². The molecule has 3 aliphatic heterocycles. The maximum Gasteiger partial charge on any atom is 0.423 e. The number of nitrogens with zero attached hydrogens (tertiary/aromatic N) is 5. The van der Waals surface area contributed by atoms with Crippen LogP contribution in [0.25, 0.3) is 0 Å². The van der Waals surface area contributed by atoms with Gasteiger partial charge >= 0.3 is 12.4 Å². The number of aromatic amines is 1. The quantitative estimate of drug-likeness (QED) is 0.371. The molecule has 5 rings (SSSR count). The molecular formula is C25H30F6N6O4. The van der Waals surface area contributed by atoms with Crippen LogP contribution in [0, 0.1) is 0 Å². The number of rotatable bonds is 7. The zero-order chi connectivity index (χ0) is 29.4. The number of hydrogen-bond donors (Lipinski definition) is 2. The lowest BCUT2D eigenvalue weighted by Crippen LogP contribution is -2.56. The Morgan fingerprint density at radius 1 is 1.10 bits per heavy atom. The fourth-order valence-corrected chi connectivity index (χ4v) is 5.69. The lowest BCUT2D eigenvalue weighted by molar-refractivity contribution is -0.139. The SMILES string of the molecule is O=c1[nH]ncc(N2CCCC2COCCC(O)N2CCN3c4ncc(C(F)(F)F)cc4OCCC3C2)c1C(F)(F)F. The molecule has 3 unspecified atom stereocenters. The van der Waals surface area contributed by atoms with Gasteiger partial charge in [-0.1, -0.05) is 0 Å². The predicted octanol–water partition coefficient (Wildman–Crippen LogP) is 2.87. The number of aliphatic hydroxyl groups excluding tert-OH is 1. The highest BCUT2D eigenvalue weighted by atomic mass is 19.4. The van der Waals surface area contributed by atoms with Crippen molar-refractivity contribution in [3.63, 3.8) is 0 Å². The molecule has 41 heavy (non-hydrogen) atoms. The number of halogens is 6. The average Bonchev–Trinajstić information content (AvgIpc) is 3.30. The van der Waals surface area contributed by atoms with Crippen molar-refractivity contribution < 1.29 is 40.9 Å². The van der Waals surface area contributed by atoms with E-state index >= 15 is 0 Å². The largest absolute Gasteiger partial charge is 0.490 e. The number of pyridine rings is 1. The zero-order valence-electron chi connectivity index (χ0n) is 21.9. The molecule has 0 aromatic carbocycles. The Balaban J connectivity index is 1.14. The smallest absolute Gasteiger partial charge is 0.423 e. The van der Waals surface area contributed by atoms with E-state index in [2.05, 4.69) is 10.1 Å². The maximum atomic E-state index is 13.5. The van der Waals surface area contributed by atoms with Crippen molar-refractivity contribution in [1.29, 1.82) is 0 Å². The van der Waals surface area contributed by atoms with E-state index in [-0.39, 0.29) is 49.8 Å². The zero-order valence-corrected chi connectivity index (χ0v) is 21.9. The lowest BCUT2D eigenvalue weighted by Gasteiger charge is -2.42. The molecule has 2 N–H and O–H groups in total. The molecule has 10 nitrogen and oxygen atoms in total. The van der Waals surface area contributed by atoms with E-state index in [1.165, 1.54) is 4.90 Å². The van der Waals surface area contributed by atoms with Crippen molar-refractivity contribution in [2.75, 3.05) is 55.8 Å². The Morgan fingerprint density at radius 3 is 2.66 bits per heavy atom. The summed E-state index contributed by atoms with van der Waals surface area (Å²) in [7, 11) is 0. The number of fused-ring (bicyclic) bond motifs is 3. The second-order valence-corrected chi connectivity index (χ2v) is 10.3. The normalized spacial score (nSPS) is 22.6. The minimum atomic E-state index is -4.83. The summed E-state index contributed by atoms with van der Waals surface area (Å²) in [5.41, 5.74) is -3.73. The van der Waals surface area contributed by atoms with E-state index < -0.39 is 35.3 Å². The molecule has 0 aliphatic carbocycles. The lowest BCUT2D eigenvalue weighted by atomic mass is 10.1. The van der Waals surface area contributed by atoms with Gasteiger partial charge in [-0.3, -0.25) is 9.69 Å². The fourth-order valence-electron chi connectivity index (χ4n) is 5.69. The van der Waals surface area contributed by atoms with Gasteiger partial charge in [-0.15, -0.1) is 0 Å². The van der Waals surface area contributed by atoms with Gasteiger partial charge in [0.1, 0.15) is 11.8 Å². The monoisotopic (exact) mass is 592 g/mol. The molecule has 0 spiro atoms.